The van der Waals surface area contributed by atoms with E-state index in [1.165, 1.54) is 43.5 Å². The Morgan fingerprint density at radius 1 is 1.11 bits per heavy atom. The van der Waals surface area contributed by atoms with E-state index in [9.17, 15) is 23.6 Å². The third kappa shape index (κ3) is 5.83. The molecule has 4 rings (SSSR count). The smallest absolute Gasteiger partial charge is 0.335 e. The number of barbiturate groups is 1. The van der Waals surface area contributed by atoms with Crippen LogP contribution in [0.4, 0.5) is 20.6 Å². The van der Waals surface area contributed by atoms with Gasteiger partial charge in [0.1, 0.15) is 11.4 Å². The summed E-state index contributed by atoms with van der Waals surface area (Å²) in [5, 5.41) is 4.80. The summed E-state index contributed by atoms with van der Waals surface area (Å²) in [6, 6.07) is 14.5. The van der Waals surface area contributed by atoms with E-state index in [-0.39, 0.29) is 23.7 Å². The van der Waals surface area contributed by atoms with Crippen LogP contribution in [-0.2, 0) is 14.4 Å². The molecule has 5 amide bonds. The molecule has 2 N–H and O–H groups in total. The average Bonchev–Trinajstić information content (AvgIpc) is 2.88. The van der Waals surface area contributed by atoms with Crippen LogP contribution in [-0.4, -0.2) is 37.5 Å². The van der Waals surface area contributed by atoms with Crippen LogP contribution in [0.15, 0.2) is 66.2 Å². The van der Waals surface area contributed by atoms with Crippen molar-refractivity contribution < 1.29 is 33.0 Å². The van der Waals surface area contributed by atoms with Gasteiger partial charge in [-0.2, -0.15) is 0 Å². The Kier molecular flexibility index (Phi) is 8.05. The molecular formula is C27H21FIN3O6. The summed E-state index contributed by atoms with van der Waals surface area (Å²) in [7, 11) is 1.41. The second kappa shape index (κ2) is 11.4. The van der Waals surface area contributed by atoms with Gasteiger partial charge in [0.25, 0.3) is 17.7 Å². The molecule has 1 fully saturated rings. The molecule has 0 bridgehead atoms. The first-order valence-corrected chi connectivity index (χ1v) is 12.3. The maximum Gasteiger partial charge on any atom is 0.335 e. The Morgan fingerprint density at radius 3 is 2.50 bits per heavy atom. The molecule has 0 spiro atoms. The van der Waals surface area contributed by atoms with E-state index in [0.29, 0.717) is 26.1 Å². The van der Waals surface area contributed by atoms with Crippen molar-refractivity contribution in [2.45, 2.75) is 6.92 Å². The maximum absolute atomic E-state index is 13.2. The molecule has 9 nitrogen and oxygen atoms in total. The molecule has 0 aromatic heterocycles. The molecular weight excluding hydrogens is 608 g/mol. The van der Waals surface area contributed by atoms with E-state index in [2.05, 4.69) is 10.6 Å². The third-order valence-electron chi connectivity index (χ3n) is 5.50. The van der Waals surface area contributed by atoms with Crippen LogP contribution in [0.3, 0.4) is 0 Å². The monoisotopic (exact) mass is 629 g/mol. The molecule has 1 aliphatic rings. The van der Waals surface area contributed by atoms with Gasteiger partial charge in [-0.15, -0.1) is 0 Å². The Balaban J connectivity index is 1.56. The first-order valence-electron chi connectivity index (χ1n) is 11.2. The van der Waals surface area contributed by atoms with Gasteiger partial charge in [-0.1, -0.05) is 18.2 Å². The highest BCUT2D eigenvalue weighted by molar-refractivity contribution is 14.1. The fourth-order valence-electron chi connectivity index (χ4n) is 3.69. The number of aryl methyl sites for hydroxylation is 1. The van der Waals surface area contributed by atoms with Gasteiger partial charge in [-0.25, -0.2) is 14.1 Å². The summed E-state index contributed by atoms with van der Waals surface area (Å²) >= 11 is 1.98. The minimum absolute atomic E-state index is 0.238. The van der Waals surface area contributed by atoms with Gasteiger partial charge in [0, 0.05) is 5.69 Å². The zero-order valence-electron chi connectivity index (χ0n) is 20.2. The van der Waals surface area contributed by atoms with Crippen LogP contribution in [0.1, 0.15) is 11.1 Å². The number of carbonyl (C=O) groups is 4. The van der Waals surface area contributed by atoms with Gasteiger partial charge in [0.2, 0.25) is 0 Å². The first kappa shape index (κ1) is 26.8. The molecule has 0 unspecified atom stereocenters. The summed E-state index contributed by atoms with van der Waals surface area (Å²) in [6.07, 6.45) is 1.35. The molecule has 3 aromatic carbocycles. The molecule has 38 heavy (non-hydrogen) atoms. The number of hydrogen-bond donors (Lipinski definition) is 2. The number of methoxy groups -OCH3 is 1. The van der Waals surface area contributed by atoms with Crippen molar-refractivity contribution >= 4 is 63.8 Å². The highest BCUT2D eigenvalue weighted by Crippen LogP contribution is 2.35. The standard InChI is InChI=1S/C27H21FIN3O6/c1-15-5-3-4-6-21(15)32-26(35)19(25(34)31-27(32)36)11-16-12-20(29)24(22(13-16)37-2)38-14-23(33)30-18-9-7-17(28)8-10-18/h3-13H,14H2,1-2H3,(H,30,33)(H,31,34,36)/b19-11+. The summed E-state index contributed by atoms with van der Waals surface area (Å²) in [5.41, 5.74) is 1.66. The van der Waals surface area contributed by atoms with E-state index in [1.54, 1.807) is 37.3 Å². The number of imide groups is 2. The molecule has 1 heterocycles. The lowest BCUT2D eigenvalue weighted by atomic mass is 10.1. The number of hydrogen-bond acceptors (Lipinski definition) is 6. The third-order valence-corrected chi connectivity index (χ3v) is 6.30. The molecule has 0 atom stereocenters. The predicted molar refractivity (Wildman–Crippen MR) is 146 cm³/mol. The Bertz CT molecular complexity index is 1470. The summed E-state index contributed by atoms with van der Waals surface area (Å²) in [4.78, 5) is 51.5. The number of amides is 5. The zero-order chi connectivity index (χ0) is 27.4. The zero-order valence-corrected chi connectivity index (χ0v) is 22.4. The number of nitrogens with zero attached hydrogens (tertiary/aromatic N) is 1. The number of ether oxygens (including phenoxy) is 2. The number of nitrogens with one attached hydrogen (secondary N) is 2. The van der Waals surface area contributed by atoms with Crippen molar-refractivity contribution in [1.82, 2.24) is 5.32 Å². The number of carbonyl (C=O) groups excluding carboxylic acids is 4. The molecule has 0 saturated carbocycles. The number of anilines is 2. The largest absolute Gasteiger partial charge is 0.493 e. The quantitative estimate of drug-likeness (QED) is 0.227. The van der Waals surface area contributed by atoms with Crippen LogP contribution in [0, 0.1) is 16.3 Å². The topological polar surface area (TPSA) is 114 Å². The molecule has 0 radical (unpaired) electrons. The summed E-state index contributed by atoms with van der Waals surface area (Å²) in [5.74, 6) is -1.94. The average molecular weight is 629 g/mol. The Morgan fingerprint density at radius 2 is 1.82 bits per heavy atom. The molecule has 0 aliphatic carbocycles. The number of para-hydroxylation sites is 1. The SMILES string of the molecule is COc1cc(/C=C2\C(=O)NC(=O)N(c3ccccc3C)C2=O)cc(I)c1OCC(=O)Nc1ccc(F)cc1. The van der Waals surface area contributed by atoms with Crippen LogP contribution < -0.4 is 25.0 Å². The predicted octanol–water partition coefficient (Wildman–Crippen LogP) is 4.43. The van der Waals surface area contributed by atoms with Gasteiger partial charge < -0.3 is 14.8 Å². The lowest BCUT2D eigenvalue weighted by Crippen LogP contribution is -2.54. The van der Waals surface area contributed by atoms with Gasteiger partial charge in [0.05, 0.1) is 16.4 Å². The molecule has 1 saturated heterocycles. The number of benzene rings is 3. The van der Waals surface area contributed by atoms with Crippen LogP contribution in [0.25, 0.3) is 6.08 Å². The summed E-state index contributed by atoms with van der Waals surface area (Å²) < 4.78 is 24.7. The highest BCUT2D eigenvalue weighted by Gasteiger charge is 2.37. The van der Waals surface area contributed by atoms with Gasteiger partial charge >= 0.3 is 6.03 Å². The lowest BCUT2D eigenvalue weighted by molar-refractivity contribution is -0.122. The summed E-state index contributed by atoms with van der Waals surface area (Å²) in [6.45, 7) is 1.40. The molecule has 1 aliphatic heterocycles. The highest BCUT2D eigenvalue weighted by atomic mass is 127. The second-order valence-electron chi connectivity index (χ2n) is 8.12. The van der Waals surface area contributed by atoms with Gasteiger partial charge in [-0.05, 0) is 89.2 Å². The first-order chi connectivity index (χ1) is 18.2. The Labute approximate surface area is 230 Å². The fraction of sp³-hybridized carbons (Fsp3) is 0.111. The molecule has 3 aromatic rings. The van der Waals surface area contributed by atoms with E-state index in [1.807, 2.05) is 22.6 Å². The second-order valence-corrected chi connectivity index (χ2v) is 9.28. The van der Waals surface area contributed by atoms with Crippen molar-refractivity contribution in [3.8, 4) is 11.5 Å². The fourth-order valence-corrected chi connectivity index (χ4v) is 4.47. The van der Waals surface area contributed by atoms with E-state index in [4.69, 9.17) is 9.47 Å². The van der Waals surface area contributed by atoms with Crippen LogP contribution >= 0.6 is 22.6 Å². The van der Waals surface area contributed by atoms with Crippen molar-refractivity contribution in [3.63, 3.8) is 0 Å². The number of halogens is 2. The minimum Gasteiger partial charge on any atom is -0.493 e. The van der Waals surface area contributed by atoms with Crippen molar-refractivity contribution in [1.29, 1.82) is 0 Å². The number of urea groups is 1. The normalized spacial score (nSPS) is 14.4. The van der Waals surface area contributed by atoms with Crippen molar-refractivity contribution in [2.75, 3.05) is 23.9 Å². The molecule has 11 heteroatoms. The van der Waals surface area contributed by atoms with Gasteiger partial charge in [0.15, 0.2) is 18.1 Å². The van der Waals surface area contributed by atoms with Gasteiger partial charge in [-0.3, -0.25) is 19.7 Å². The maximum atomic E-state index is 13.2. The van der Waals surface area contributed by atoms with Crippen molar-refractivity contribution in [2.24, 2.45) is 0 Å². The van der Waals surface area contributed by atoms with Crippen molar-refractivity contribution in [3.05, 3.63) is 86.8 Å². The van der Waals surface area contributed by atoms with E-state index in [0.717, 1.165) is 4.90 Å². The minimum atomic E-state index is -0.832. The van der Waals surface area contributed by atoms with Crippen LogP contribution in [0.5, 0.6) is 11.5 Å². The Hall–Kier alpha value is -4.26. The van der Waals surface area contributed by atoms with Crippen LogP contribution in [0.2, 0.25) is 0 Å². The van der Waals surface area contributed by atoms with E-state index >= 15 is 0 Å². The van der Waals surface area contributed by atoms with E-state index < -0.39 is 29.6 Å². The molecule has 194 valence electrons. The lowest BCUT2D eigenvalue weighted by Gasteiger charge is -2.27. The number of rotatable bonds is 7.